The van der Waals surface area contributed by atoms with Gasteiger partial charge in [0.1, 0.15) is 5.82 Å². The fraction of sp³-hybridized carbons (Fsp3) is 0.818. The molecule has 90 valence electrons. The van der Waals surface area contributed by atoms with Crippen LogP contribution < -0.4 is 10.6 Å². The highest BCUT2D eigenvalue weighted by Gasteiger charge is 2.26. The highest BCUT2D eigenvalue weighted by Crippen LogP contribution is 2.28. The lowest BCUT2D eigenvalue weighted by Crippen LogP contribution is -2.43. The molecule has 0 spiro atoms. The first-order chi connectivity index (χ1) is 7.74. The Labute approximate surface area is 101 Å². The lowest BCUT2D eigenvalue weighted by Gasteiger charge is -2.37. The van der Waals surface area contributed by atoms with Crippen LogP contribution in [0.25, 0.3) is 0 Å². The zero-order valence-electron chi connectivity index (χ0n) is 10.0. The van der Waals surface area contributed by atoms with Gasteiger partial charge in [-0.15, -0.1) is 0 Å². The van der Waals surface area contributed by atoms with Crippen LogP contribution in [0.1, 0.15) is 32.5 Å². The SMILES string of the molecule is CCc1nsc(N2CC(CN)CCC2C)n1. The van der Waals surface area contributed by atoms with Crippen molar-refractivity contribution in [3.63, 3.8) is 0 Å². The molecular formula is C11H20N4S. The molecule has 5 heteroatoms. The van der Waals surface area contributed by atoms with Gasteiger partial charge in [0.05, 0.1) is 0 Å². The molecule has 2 N–H and O–H groups in total. The van der Waals surface area contributed by atoms with E-state index in [-0.39, 0.29) is 0 Å². The first-order valence-electron chi connectivity index (χ1n) is 6.03. The standard InChI is InChI=1S/C11H20N4S/c1-3-10-13-11(16-14-10)15-7-9(6-12)5-4-8(15)2/h8-9H,3-7,12H2,1-2H3. The van der Waals surface area contributed by atoms with Crippen molar-refractivity contribution in [3.05, 3.63) is 5.82 Å². The van der Waals surface area contributed by atoms with Crippen LogP contribution in [-0.2, 0) is 6.42 Å². The molecule has 0 bridgehead atoms. The molecule has 4 nitrogen and oxygen atoms in total. The van der Waals surface area contributed by atoms with Crippen molar-refractivity contribution in [2.24, 2.45) is 11.7 Å². The average Bonchev–Trinajstić information content (AvgIpc) is 2.78. The number of nitrogens with zero attached hydrogens (tertiary/aromatic N) is 3. The van der Waals surface area contributed by atoms with E-state index in [2.05, 4.69) is 28.1 Å². The molecule has 2 rings (SSSR count). The summed E-state index contributed by atoms with van der Waals surface area (Å²) in [7, 11) is 0. The van der Waals surface area contributed by atoms with Gasteiger partial charge in [-0.05, 0) is 32.2 Å². The van der Waals surface area contributed by atoms with Gasteiger partial charge in [-0.25, -0.2) is 4.98 Å². The number of rotatable bonds is 3. The molecule has 1 saturated heterocycles. The third-order valence-electron chi connectivity index (χ3n) is 3.33. The molecule has 2 atom stereocenters. The highest BCUT2D eigenvalue weighted by atomic mass is 32.1. The molecule has 1 fully saturated rings. The molecule has 1 aromatic rings. The Hall–Kier alpha value is -0.680. The van der Waals surface area contributed by atoms with Crippen molar-refractivity contribution in [3.8, 4) is 0 Å². The summed E-state index contributed by atoms with van der Waals surface area (Å²) in [5, 5.41) is 1.07. The summed E-state index contributed by atoms with van der Waals surface area (Å²) in [6.07, 6.45) is 3.37. The predicted octanol–water partition coefficient (Wildman–Crippen LogP) is 1.66. The summed E-state index contributed by atoms with van der Waals surface area (Å²) in [6.45, 7) is 6.17. The van der Waals surface area contributed by atoms with Crippen molar-refractivity contribution in [1.29, 1.82) is 0 Å². The lowest BCUT2D eigenvalue weighted by atomic mass is 9.94. The van der Waals surface area contributed by atoms with Crippen LogP contribution in [0, 0.1) is 5.92 Å². The van der Waals surface area contributed by atoms with Gasteiger partial charge in [-0.1, -0.05) is 6.92 Å². The van der Waals surface area contributed by atoms with Gasteiger partial charge in [0, 0.05) is 30.5 Å². The molecule has 0 saturated carbocycles. The van der Waals surface area contributed by atoms with Gasteiger partial charge >= 0.3 is 0 Å². The summed E-state index contributed by atoms with van der Waals surface area (Å²) >= 11 is 1.52. The Kier molecular flexibility index (Phi) is 3.76. The maximum atomic E-state index is 5.76. The van der Waals surface area contributed by atoms with Gasteiger partial charge in [0.2, 0.25) is 5.13 Å². The second kappa shape index (κ2) is 5.10. The topological polar surface area (TPSA) is 55.0 Å². The Bertz CT molecular complexity index is 338. The fourth-order valence-electron chi connectivity index (χ4n) is 2.15. The molecule has 0 aromatic carbocycles. The van der Waals surface area contributed by atoms with E-state index < -0.39 is 0 Å². The summed E-state index contributed by atoms with van der Waals surface area (Å²) < 4.78 is 4.35. The summed E-state index contributed by atoms with van der Waals surface area (Å²) in [4.78, 5) is 6.94. The van der Waals surface area contributed by atoms with Crippen molar-refractivity contribution < 1.29 is 0 Å². The van der Waals surface area contributed by atoms with Gasteiger partial charge in [0.15, 0.2) is 0 Å². The van der Waals surface area contributed by atoms with Crippen LogP contribution in [0.5, 0.6) is 0 Å². The van der Waals surface area contributed by atoms with Crippen LogP contribution in [-0.4, -0.2) is 28.5 Å². The number of aromatic nitrogens is 2. The molecular weight excluding hydrogens is 220 g/mol. The Morgan fingerprint density at radius 2 is 2.31 bits per heavy atom. The van der Waals surface area contributed by atoms with Crippen LogP contribution in [0.4, 0.5) is 5.13 Å². The Balaban J connectivity index is 2.11. The smallest absolute Gasteiger partial charge is 0.205 e. The Morgan fingerprint density at radius 3 is 2.94 bits per heavy atom. The molecule has 1 aliphatic rings. The van der Waals surface area contributed by atoms with Crippen LogP contribution in [0.15, 0.2) is 0 Å². The third-order valence-corrected chi connectivity index (χ3v) is 4.12. The molecule has 2 heterocycles. The number of anilines is 1. The van der Waals surface area contributed by atoms with Gasteiger partial charge in [-0.3, -0.25) is 0 Å². The lowest BCUT2D eigenvalue weighted by molar-refractivity contribution is 0.373. The number of hydrogen-bond acceptors (Lipinski definition) is 5. The fourth-order valence-corrected chi connectivity index (χ4v) is 3.01. The van der Waals surface area contributed by atoms with Crippen LogP contribution >= 0.6 is 11.5 Å². The Morgan fingerprint density at radius 1 is 1.50 bits per heavy atom. The van der Waals surface area contributed by atoms with E-state index in [1.165, 1.54) is 24.4 Å². The molecule has 0 amide bonds. The van der Waals surface area contributed by atoms with Crippen molar-refractivity contribution in [1.82, 2.24) is 9.36 Å². The molecule has 1 aliphatic heterocycles. The number of aryl methyl sites for hydroxylation is 1. The first kappa shape index (κ1) is 11.8. The first-order valence-corrected chi connectivity index (χ1v) is 6.81. The highest BCUT2D eigenvalue weighted by molar-refractivity contribution is 7.09. The van der Waals surface area contributed by atoms with E-state index in [1.807, 2.05) is 0 Å². The molecule has 16 heavy (non-hydrogen) atoms. The van der Waals surface area contributed by atoms with E-state index in [9.17, 15) is 0 Å². The van der Waals surface area contributed by atoms with Crippen molar-refractivity contribution >= 4 is 16.7 Å². The van der Waals surface area contributed by atoms with Gasteiger partial charge < -0.3 is 10.6 Å². The second-order valence-electron chi connectivity index (χ2n) is 4.53. The second-order valence-corrected chi connectivity index (χ2v) is 5.26. The average molecular weight is 240 g/mol. The largest absolute Gasteiger partial charge is 0.344 e. The van der Waals surface area contributed by atoms with E-state index in [0.717, 1.165) is 30.5 Å². The minimum absolute atomic E-state index is 0.570. The van der Waals surface area contributed by atoms with Crippen molar-refractivity contribution in [2.45, 2.75) is 39.2 Å². The maximum absolute atomic E-state index is 5.76. The molecule has 1 aromatic heterocycles. The van der Waals surface area contributed by atoms with E-state index in [1.54, 1.807) is 0 Å². The van der Waals surface area contributed by atoms with Gasteiger partial charge in [0.25, 0.3) is 0 Å². The minimum atomic E-state index is 0.570. The molecule has 0 radical (unpaired) electrons. The van der Waals surface area contributed by atoms with E-state index in [0.29, 0.717) is 12.0 Å². The third kappa shape index (κ3) is 2.35. The zero-order chi connectivity index (χ0) is 11.5. The zero-order valence-corrected chi connectivity index (χ0v) is 10.8. The minimum Gasteiger partial charge on any atom is -0.344 e. The van der Waals surface area contributed by atoms with Crippen molar-refractivity contribution in [2.75, 3.05) is 18.0 Å². The molecule has 2 unspecified atom stereocenters. The normalized spacial score (nSPS) is 26.1. The van der Waals surface area contributed by atoms with Gasteiger partial charge in [-0.2, -0.15) is 4.37 Å². The summed E-state index contributed by atoms with van der Waals surface area (Å²) in [5.74, 6) is 1.58. The summed E-state index contributed by atoms with van der Waals surface area (Å²) in [6, 6.07) is 0.570. The van der Waals surface area contributed by atoms with E-state index in [4.69, 9.17) is 5.73 Å². The maximum Gasteiger partial charge on any atom is 0.205 e. The number of hydrogen-bond donors (Lipinski definition) is 1. The summed E-state index contributed by atoms with van der Waals surface area (Å²) in [5.41, 5.74) is 5.76. The number of piperidine rings is 1. The monoisotopic (exact) mass is 240 g/mol. The molecule has 0 aliphatic carbocycles. The van der Waals surface area contributed by atoms with E-state index >= 15 is 0 Å². The quantitative estimate of drug-likeness (QED) is 0.873. The number of nitrogens with two attached hydrogens (primary N) is 1. The van der Waals surface area contributed by atoms with Crippen LogP contribution in [0.3, 0.4) is 0 Å². The predicted molar refractivity (Wildman–Crippen MR) is 67.9 cm³/mol. The van der Waals surface area contributed by atoms with Crippen LogP contribution in [0.2, 0.25) is 0 Å².